The molecule has 1 aromatic carbocycles. The van der Waals surface area contributed by atoms with Crippen LogP contribution in [0.15, 0.2) is 12.1 Å². The molecule has 1 amide bonds. The maximum absolute atomic E-state index is 13.7. The Morgan fingerprint density at radius 3 is 2.29 bits per heavy atom. The van der Waals surface area contributed by atoms with E-state index in [1.807, 2.05) is 0 Å². The van der Waals surface area contributed by atoms with Crippen LogP contribution in [-0.4, -0.2) is 60.5 Å². The van der Waals surface area contributed by atoms with E-state index in [1.54, 1.807) is 19.0 Å². The van der Waals surface area contributed by atoms with Crippen molar-refractivity contribution < 1.29 is 23.5 Å². The lowest BCUT2D eigenvalue weighted by Gasteiger charge is -2.23. The van der Waals surface area contributed by atoms with Gasteiger partial charge in [0.05, 0.1) is 5.56 Å². The molecule has 0 aromatic heterocycles. The highest BCUT2D eigenvalue weighted by atomic mass is 19.1. The van der Waals surface area contributed by atoms with Crippen molar-refractivity contribution in [1.29, 1.82) is 0 Å². The van der Waals surface area contributed by atoms with E-state index in [0.29, 0.717) is 12.6 Å². The third-order valence-electron chi connectivity index (χ3n) is 2.91. The monoisotopic (exact) mass is 300 g/mol. The Kier molecular flexibility index (Phi) is 5.78. The number of carbonyl (C=O) groups is 2. The normalized spacial score (nSPS) is 10.8. The molecule has 0 fully saturated rings. The van der Waals surface area contributed by atoms with Crippen LogP contribution in [-0.2, 0) is 4.79 Å². The van der Waals surface area contributed by atoms with E-state index < -0.39 is 30.1 Å². The van der Waals surface area contributed by atoms with E-state index in [4.69, 9.17) is 5.11 Å². The van der Waals surface area contributed by atoms with E-state index >= 15 is 0 Å². The van der Waals surface area contributed by atoms with Crippen LogP contribution in [0.2, 0.25) is 0 Å². The van der Waals surface area contributed by atoms with E-state index in [9.17, 15) is 18.4 Å². The highest BCUT2D eigenvalue weighted by Crippen LogP contribution is 2.16. The van der Waals surface area contributed by atoms with Gasteiger partial charge in [-0.1, -0.05) is 0 Å². The molecule has 0 unspecified atom stereocenters. The Morgan fingerprint density at radius 1 is 1.14 bits per heavy atom. The molecule has 116 valence electrons. The van der Waals surface area contributed by atoms with Gasteiger partial charge in [0.25, 0.3) is 5.91 Å². The van der Waals surface area contributed by atoms with Gasteiger partial charge in [-0.05, 0) is 32.6 Å². The zero-order valence-electron chi connectivity index (χ0n) is 12.2. The van der Waals surface area contributed by atoms with Crippen LogP contribution in [0.3, 0.4) is 0 Å². The van der Waals surface area contributed by atoms with Crippen LogP contribution in [0.1, 0.15) is 15.9 Å². The van der Waals surface area contributed by atoms with Gasteiger partial charge in [-0.15, -0.1) is 0 Å². The summed E-state index contributed by atoms with van der Waals surface area (Å²) in [5.41, 5.74) is -0.198. The zero-order valence-corrected chi connectivity index (χ0v) is 12.2. The number of benzene rings is 1. The van der Waals surface area contributed by atoms with E-state index in [1.165, 1.54) is 6.92 Å². The third-order valence-corrected chi connectivity index (χ3v) is 2.91. The molecule has 0 aliphatic carbocycles. The summed E-state index contributed by atoms with van der Waals surface area (Å²) < 4.78 is 27.0. The minimum atomic E-state index is -1.19. The highest BCUT2D eigenvalue weighted by molar-refractivity contribution is 5.96. The standard InChI is InChI=1S/C14H18F2N2O3/c1-9-6-10(12(16)7-11(9)15)14(21)18(8-13(19)20)5-4-17(2)3/h6-7H,4-5,8H2,1-3H3,(H,19,20). The molecule has 21 heavy (non-hydrogen) atoms. The number of halogens is 2. The summed E-state index contributed by atoms with van der Waals surface area (Å²) in [5, 5.41) is 8.85. The predicted molar refractivity (Wildman–Crippen MR) is 73.2 cm³/mol. The maximum Gasteiger partial charge on any atom is 0.323 e. The molecule has 0 saturated heterocycles. The minimum absolute atomic E-state index is 0.127. The number of rotatable bonds is 6. The van der Waals surface area contributed by atoms with Gasteiger partial charge >= 0.3 is 5.97 Å². The van der Waals surface area contributed by atoms with Crippen molar-refractivity contribution in [3.8, 4) is 0 Å². The molecule has 0 radical (unpaired) electrons. The first-order chi connectivity index (χ1) is 9.72. The van der Waals surface area contributed by atoms with Crippen molar-refractivity contribution in [2.75, 3.05) is 33.7 Å². The number of hydrogen-bond acceptors (Lipinski definition) is 3. The van der Waals surface area contributed by atoms with Crippen molar-refractivity contribution in [2.45, 2.75) is 6.92 Å². The summed E-state index contributed by atoms with van der Waals surface area (Å²) in [6, 6.07) is 1.73. The predicted octanol–water partition coefficient (Wildman–Crippen LogP) is 1.36. The molecule has 1 rings (SSSR count). The SMILES string of the molecule is Cc1cc(C(=O)N(CCN(C)C)CC(=O)O)c(F)cc1F. The average molecular weight is 300 g/mol. The first-order valence-corrected chi connectivity index (χ1v) is 6.33. The Hall–Kier alpha value is -2.02. The molecule has 0 saturated carbocycles. The number of hydrogen-bond donors (Lipinski definition) is 1. The number of carboxylic acids is 1. The summed E-state index contributed by atoms with van der Waals surface area (Å²) in [5.74, 6) is -3.70. The van der Waals surface area contributed by atoms with Crippen LogP contribution in [0.4, 0.5) is 8.78 Å². The fourth-order valence-electron chi connectivity index (χ4n) is 1.73. The second-order valence-corrected chi connectivity index (χ2v) is 5.00. The number of likely N-dealkylation sites (N-methyl/N-ethyl adjacent to an activating group) is 1. The van der Waals surface area contributed by atoms with Gasteiger partial charge in [0, 0.05) is 19.2 Å². The van der Waals surface area contributed by atoms with Crippen LogP contribution in [0.5, 0.6) is 0 Å². The summed E-state index contributed by atoms with van der Waals surface area (Å²) >= 11 is 0. The van der Waals surface area contributed by atoms with Gasteiger partial charge in [0.2, 0.25) is 0 Å². The zero-order chi connectivity index (χ0) is 16.2. The van der Waals surface area contributed by atoms with Crippen molar-refractivity contribution in [2.24, 2.45) is 0 Å². The van der Waals surface area contributed by atoms with Crippen molar-refractivity contribution in [3.05, 3.63) is 34.9 Å². The first-order valence-electron chi connectivity index (χ1n) is 6.33. The molecule has 1 N–H and O–H groups in total. The molecule has 5 nitrogen and oxygen atoms in total. The van der Waals surface area contributed by atoms with Gasteiger partial charge in [-0.2, -0.15) is 0 Å². The summed E-state index contributed by atoms with van der Waals surface area (Å²) in [7, 11) is 3.54. The van der Waals surface area contributed by atoms with Crippen LogP contribution in [0.25, 0.3) is 0 Å². The largest absolute Gasteiger partial charge is 0.480 e. The van der Waals surface area contributed by atoms with Crippen LogP contribution >= 0.6 is 0 Å². The molecule has 7 heteroatoms. The van der Waals surface area contributed by atoms with E-state index in [2.05, 4.69) is 0 Å². The van der Waals surface area contributed by atoms with E-state index in [0.717, 1.165) is 11.0 Å². The number of amides is 1. The smallest absolute Gasteiger partial charge is 0.323 e. The fourth-order valence-corrected chi connectivity index (χ4v) is 1.73. The molecule has 0 bridgehead atoms. The van der Waals surface area contributed by atoms with Crippen LogP contribution in [0, 0.1) is 18.6 Å². The number of carboxylic acid groups (broad SMARTS) is 1. The van der Waals surface area contributed by atoms with Gasteiger partial charge in [-0.3, -0.25) is 9.59 Å². The summed E-state index contributed by atoms with van der Waals surface area (Å²) in [4.78, 5) is 25.9. The lowest BCUT2D eigenvalue weighted by Crippen LogP contribution is -2.40. The number of aryl methyl sites for hydroxylation is 1. The maximum atomic E-state index is 13.7. The minimum Gasteiger partial charge on any atom is -0.480 e. The number of aliphatic carboxylic acids is 1. The van der Waals surface area contributed by atoms with Gasteiger partial charge in [0.15, 0.2) is 0 Å². The van der Waals surface area contributed by atoms with Crippen molar-refractivity contribution in [3.63, 3.8) is 0 Å². The molecule has 0 aliphatic rings. The molecule has 0 heterocycles. The second kappa shape index (κ2) is 7.12. The molecule has 0 aliphatic heterocycles. The lowest BCUT2D eigenvalue weighted by atomic mass is 10.1. The summed E-state index contributed by atoms with van der Waals surface area (Å²) in [6.45, 7) is 1.43. The molecular weight excluding hydrogens is 282 g/mol. The Labute approximate surface area is 121 Å². The second-order valence-electron chi connectivity index (χ2n) is 5.00. The Balaban J connectivity index is 3.04. The quantitative estimate of drug-likeness (QED) is 0.862. The van der Waals surface area contributed by atoms with Gasteiger partial charge in [0.1, 0.15) is 18.2 Å². The molecule has 0 atom stereocenters. The fraction of sp³-hybridized carbons (Fsp3) is 0.429. The average Bonchev–Trinajstić information content (AvgIpc) is 2.37. The van der Waals surface area contributed by atoms with Gasteiger partial charge in [-0.25, -0.2) is 8.78 Å². The molecule has 0 spiro atoms. The van der Waals surface area contributed by atoms with Gasteiger partial charge < -0.3 is 14.9 Å². The third kappa shape index (κ3) is 4.78. The Bertz CT molecular complexity index is 547. The first kappa shape index (κ1) is 17.0. The Morgan fingerprint density at radius 2 is 1.76 bits per heavy atom. The highest BCUT2D eigenvalue weighted by Gasteiger charge is 2.22. The van der Waals surface area contributed by atoms with Crippen molar-refractivity contribution >= 4 is 11.9 Å². The molecule has 1 aromatic rings. The molecular formula is C14H18F2N2O3. The number of carbonyl (C=O) groups excluding carboxylic acids is 1. The van der Waals surface area contributed by atoms with Crippen molar-refractivity contribution in [1.82, 2.24) is 9.80 Å². The summed E-state index contributed by atoms with van der Waals surface area (Å²) in [6.07, 6.45) is 0. The topological polar surface area (TPSA) is 60.9 Å². The lowest BCUT2D eigenvalue weighted by molar-refractivity contribution is -0.137. The van der Waals surface area contributed by atoms with E-state index in [-0.39, 0.29) is 17.7 Å². The van der Waals surface area contributed by atoms with Crippen LogP contribution < -0.4 is 0 Å². The number of nitrogens with zero attached hydrogens (tertiary/aromatic N) is 2.